The number of amides is 2. The largest absolute Gasteiger partial charge is 0.339 e. The van der Waals surface area contributed by atoms with E-state index in [0.717, 1.165) is 12.8 Å². The summed E-state index contributed by atoms with van der Waals surface area (Å²) in [7, 11) is -2.25. The summed E-state index contributed by atoms with van der Waals surface area (Å²) in [5.74, 6) is 0.182. The van der Waals surface area contributed by atoms with Crippen LogP contribution in [0.1, 0.15) is 23.2 Å². The molecule has 1 aliphatic heterocycles. The van der Waals surface area contributed by atoms with Gasteiger partial charge in [0.2, 0.25) is 15.9 Å². The van der Waals surface area contributed by atoms with E-state index in [-0.39, 0.29) is 22.6 Å². The highest BCUT2D eigenvalue weighted by atomic mass is 32.2. The van der Waals surface area contributed by atoms with Crippen molar-refractivity contribution in [3.8, 4) is 0 Å². The SMILES string of the molecule is CNS(=O)(=O)c1cccc(C(=O)N2CCN(C(=O)C3CC3)CC2)c1. The van der Waals surface area contributed by atoms with Crippen LogP contribution in [-0.4, -0.2) is 63.3 Å². The number of rotatable bonds is 4. The van der Waals surface area contributed by atoms with Gasteiger partial charge in [0.15, 0.2) is 0 Å². The first-order valence-corrected chi connectivity index (χ1v) is 9.52. The molecule has 8 heteroatoms. The Morgan fingerprint density at radius 2 is 1.71 bits per heavy atom. The van der Waals surface area contributed by atoms with Crippen molar-refractivity contribution < 1.29 is 18.0 Å². The average Bonchev–Trinajstić information content (AvgIpc) is 3.46. The quantitative estimate of drug-likeness (QED) is 0.845. The van der Waals surface area contributed by atoms with Gasteiger partial charge in [-0.25, -0.2) is 13.1 Å². The molecule has 0 unspecified atom stereocenters. The van der Waals surface area contributed by atoms with Crippen molar-refractivity contribution in [1.82, 2.24) is 14.5 Å². The van der Waals surface area contributed by atoms with Crippen molar-refractivity contribution in [2.45, 2.75) is 17.7 Å². The van der Waals surface area contributed by atoms with Crippen LogP contribution in [0.4, 0.5) is 0 Å². The number of benzene rings is 1. The number of carbonyl (C=O) groups excluding carboxylic acids is 2. The molecule has 2 aliphatic rings. The highest BCUT2D eigenvalue weighted by Gasteiger charge is 2.35. The van der Waals surface area contributed by atoms with Gasteiger partial charge in [0, 0.05) is 37.7 Å². The van der Waals surface area contributed by atoms with Crippen molar-refractivity contribution in [1.29, 1.82) is 0 Å². The third-order valence-corrected chi connectivity index (χ3v) is 5.88. The Morgan fingerprint density at radius 3 is 2.29 bits per heavy atom. The van der Waals surface area contributed by atoms with Gasteiger partial charge in [0.1, 0.15) is 0 Å². The number of carbonyl (C=O) groups is 2. The zero-order valence-corrected chi connectivity index (χ0v) is 14.4. The Hall–Kier alpha value is -1.93. The number of nitrogens with zero attached hydrogens (tertiary/aromatic N) is 2. The van der Waals surface area contributed by atoms with Gasteiger partial charge >= 0.3 is 0 Å². The van der Waals surface area contributed by atoms with Crippen LogP contribution < -0.4 is 4.72 Å². The molecule has 1 saturated carbocycles. The lowest BCUT2D eigenvalue weighted by Gasteiger charge is -2.35. The smallest absolute Gasteiger partial charge is 0.254 e. The second kappa shape index (κ2) is 6.52. The molecule has 7 nitrogen and oxygen atoms in total. The van der Waals surface area contributed by atoms with E-state index < -0.39 is 10.0 Å². The second-order valence-electron chi connectivity index (χ2n) is 6.13. The van der Waals surface area contributed by atoms with Gasteiger partial charge in [-0.2, -0.15) is 0 Å². The molecule has 0 bridgehead atoms. The van der Waals surface area contributed by atoms with Crippen LogP contribution in [-0.2, 0) is 14.8 Å². The lowest BCUT2D eigenvalue weighted by atomic mass is 10.1. The molecule has 3 rings (SSSR count). The van der Waals surface area contributed by atoms with E-state index in [2.05, 4.69) is 4.72 Å². The van der Waals surface area contributed by atoms with E-state index in [9.17, 15) is 18.0 Å². The Labute approximate surface area is 141 Å². The highest BCUT2D eigenvalue weighted by Crippen LogP contribution is 2.31. The molecule has 0 aromatic heterocycles. The van der Waals surface area contributed by atoms with Crippen molar-refractivity contribution >= 4 is 21.8 Å². The van der Waals surface area contributed by atoms with E-state index >= 15 is 0 Å². The number of hydrogen-bond acceptors (Lipinski definition) is 4. The molecule has 24 heavy (non-hydrogen) atoms. The molecule has 1 aromatic carbocycles. The zero-order valence-electron chi connectivity index (χ0n) is 13.6. The lowest BCUT2D eigenvalue weighted by Crippen LogP contribution is -2.51. The maximum atomic E-state index is 12.6. The predicted octanol–water partition coefficient (Wildman–Crippen LogP) is 0.289. The van der Waals surface area contributed by atoms with Gasteiger partial charge < -0.3 is 9.80 Å². The molecule has 1 heterocycles. The van der Waals surface area contributed by atoms with Crippen LogP contribution in [0.15, 0.2) is 29.2 Å². The minimum absolute atomic E-state index is 0.0680. The molecule has 1 aliphatic carbocycles. The van der Waals surface area contributed by atoms with Crippen molar-refractivity contribution in [2.24, 2.45) is 5.92 Å². The third-order valence-electron chi connectivity index (χ3n) is 4.47. The van der Waals surface area contributed by atoms with Crippen molar-refractivity contribution in [3.05, 3.63) is 29.8 Å². The molecule has 1 saturated heterocycles. The molecule has 0 atom stereocenters. The number of sulfonamides is 1. The molecule has 1 N–H and O–H groups in total. The second-order valence-corrected chi connectivity index (χ2v) is 8.01. The van der Waals surface area contributed by atoms with Gasteiger partial charge in [-0.05, 0) is 38.1 Å². The number of piperazine rings is 1. The molecular formula is C16H21N3O4S. The maximum Gasteiger partial charge on any atom is 0.254 e. The zero-order chi connectivity index (χ0) is 17.3. The molecule has 2 amide bonds. The summed E-state index contributed by atoms with van der Waals surface area (Å²) < 4.78 is 26.0. The van der Waals surface area contributed by atoms with Gasteiger partial charge in [-0.15, -0.1) is 0 Å². The normalized spacial score (nSPS) is 18.5. The summed E-state index contributed by atoms with van der Waals surface area (Å²) in [5, 5.41) is 0. The molecule has 1 aromatic rings. The summed E-state index contributed by atoms with van der Waals surface area (Å²) >= 11 is 0. The first-order valence-electron chi connectivity index (χ1n) is 8.04. The number of nitrogens with one attached hydrogen (secondary N) is 1. The first kappa shape index (κ1) is 16.9. The predicted molar refractivity (Wildman–Crippen MR) is 87.9 cm³/mol. The van der Waals surface area contributed by atoms with Gasteiger partial charge in [0.25, 0.3) is 5.91 Å². The third kappa shape index (κ3) is 3.44. The van der Waals surface area contributed by atoms with Crippen LogP contribution in [0, 0.1) is 5.92 Å². The standard InChI is InChI=1S/C16H21N3O4S/c1-17-24(22,23)14-4-2-3-13(11-14)16(21)19-9-7-18(8-10-19)15(20)12-5-6-12/h2-4,11-12,17H,5-10H2,1H3. The maximum absolute atomic E-state index is 12.6. The van der Waals surface area contributed by atoms with E-state index in [4.69, 9.17) is 0 Å². The van der Waals surface area contributed by atoms with Crippen LogP contribution in [0.2, 0.25) is 0 Å². The van der Waals surface area contributed by atoms with E-state index in [1.807, 2.05) is 4.90 Å². The van der Waals surface area contributed by atoms with Crippen molar-refractivity contribution in [3.63, 3.8) is 0 Å². The molecule has 130 valence electrons. The fourth-order valence-corrected chi connectivity index (χ4v) is 3.59. The van der Waals surface area contributed by atoms with E-state index in [1.54, 1.807) is 17.0 Å². The van der Waals surface area contributed by atoms with Crippen molar-refractivity contribution in [2.75, 3.05) is 33.2 Å². The first-order chi connectivity index (χ1) is 11.4. The molecular weight excluding hydrogens is 330 g/mol. The van der Waals surface area contributed by atoms with Crippen LogP contribution in [0.3, 0.4) is 0 Å². The highest BCUT2D eigenvalue weighted by molar-refractivity contribution is 7.89. The molecule has 0 spiro atoms. The summed E-state index contributed by atoms with van der Waals surface area (Å²) in [5.41, 5.74) is 0.341. The Balaban J connectivity index is 1.67. The minimum Gasteiger partial charge on any atom is -0.339 e. The van der Waals surface area contributed by atoms with Gasteiger partial charge in [-0.1, -0.05) is 6.07 Å². The van der Waals surface area contributed by atoms with E-state index in [0.29, 0.717) is 31.7 Å². The van der Waals surface area contributed by atoms with Crippen LogP contribution in [0.25, 0.3) is 0 Å². The topological polar surface area (TPSA) is 86.8 Å². The Morgan fingerprint density at radius 1 is 1.08 bits per heavy atom. The van der Waals surface area contributed by atoms with Gasteiger partial charge in [0.05, 0.1) is 4.90 Å². The summed E-state index contributed by atoms with van der Waals surface area (Å²) in [6, 6.07) is 6.01. The average molecular weight is 351 g/mol. The van der Waals surface area contributed by atoms with Crippen LogP contribution >= 0.6 is 0 Å². The summed E-state index contributed by atoms with van der Waals surface area (Å²) in [6.07, 6.45) is 1.95. The summed E-state index contributed by atoms with van der Waals surface area (Å²) in [6.45, 7) is 2.02. The van der Waals surface area contributed by atoms with Crippen LogP contribution in [0.5, 0.6) is 0 Å². The van der Waals surface area contributed by atoms with E-state index in [1.165, 1.54) is 19.2 Å². The Kier molecular flexibility index (Phi) is 4.60. The minimum atomic E-state index is -3.58. The lowest BCUT2D eigenvalue weighted by molar-refractivity contribution is -0.134. The monoisotopic (exact) mass is 351 g/mol. The summed E-state index contributed by atoms with van der Waals surface area (Å²) in [4.78, 5) is 28.2. The molecule has 0 radical (unpaired) electrons. The fraction of sp³-hybridized carbons (Fsp3) is 0.500. The Bertz CT molecular complexity index is 750. The fourth-order valence-electron chi connectivity index (χ4n) is 2.82. The number of hydrogen-bond donors (Lipinski definition) is 1. The molecule has 2 fully saturated rings. The van der Waals surface area contributed by atoms with Gasteiger partial charge in [-0.3, -0.25) is 9.59 Å².